The Bertz CT molecular complexity index is 677. The van der Waals surface area contributed by atoms with Crippen LogP contribution in [0, 0.1) is 6.92 Å². The average Bonchev–Trinajstić information content (AvgIpc) is 2.64. The molecule has 5 heteroatoms. The van der Waals surface area contributed by atoms with Gasteiger partial charge < -0.3 is 0 Å². The molecule has 1 aliphatic heterocycles. The second-order valence-corrected chi connectivity index (χ2v) is 5.21. The number of benzene rings is 1. The third kappa shape index (κ3) is 1.77. The second kappa shape index (κ2) is 4.28. The summed E-state index contributed by atoms with van der Waals surface area (Å²) >= 11 is 3.37. The Morgan fingerprint density at radius 1 is 1.11 bits per heavy atom. The number of carbonyl (C=O) groups is 2. The number of carbonyl (C=O) groups excluding carboxylic acids is 2. The van der Waals surface area contributed by atoms with E-state index in [1.54, 1.807) is 12.1 Å². The third-order valence-corrected chi connectivity index (χ3v) is 3.58. The molecule has 2 amide bonds. The van der Waals surface area contributed by atoms with Crippen LogP contribution < -0.4 is 4.90 Å². The zero-order valence-corrected chi connectivity index (χ0v) is 11.6. The molecule has 0 N–H and O–H groups in total. The first-order valence-electron chi connectivity index (χ1n) is 5.68. The highest BCUT2D eigenvalue weighted by Crippen LogP contribution is 2.31. The lowest BCUT2D eigenvalue weighted by Crippen LogP contribution is -2.30. The maximum absolute atomic E-state index is 12.3. The molecule has 0 saturated heterocycles. The lowest BCUT2D eigenvalue weighted by Gasteiger charge is -2.16. The molecule has 2 aromatic rings. The normalized spacial score (nSPS) is 13.9. The van der Waals surface area contributed by atoms with Crippen molar-refractivity contribution in [1.29, 1.82) is 0 Å². The number of aromatic nitrogens is 1. The van der Waals surface area contributed by atoms with Crippen molar-refractivity contribution >= 4 is 33.4 Å². The fourth-order valence-corrected chi connectivity index (χ4v) is 2.65. The van der Waals surface area contributed by atoms with Crippen LogP contribution >= 0.6 is 15.9 Å². The van der Waals surface area contributed by atoms with E-state index in [9.17, 15) is 9.59 Å². The molecule has 1 aliphatic rings. The van der Waals surface area contributed by atoms with Gasteiger partial charge in [-0.15, -0.1) is 0 Å². The lowest BCUT2D eigenvalue weighted by atomic mass is 10.2. The Kier molecular flexibility index (Phi) is 2.71. The number of pyridine rings is 1. The maximum Gasteiger partial charge on any atom is 0.267 e. The summed E-state index contributed by atoms with van der Waals surface area (Å²) in [5, 5.41) is 0. The van der Waals surface area contributed by atoms with Gasteiger partial charge >= 0.3 is 0 Å². The fraction of sp³-hybridized carbons (Fsp3) is 0.0714. The van der Waals surface area contributed by atoms with Crippen LogP contribution in [-0.4, -0.2) is 16.8 Å². The molecule has 94 valence electrons. The Morgan fingerprint density at radius 2 is 1.84 bits per heavy atom. The number of amides is 2. The van der Waals surface area contributed by atoms with Crippen LogP contribution in [0.4, 0.5) is 5.69 Å². The van der Waals surface area contributed by atoms with Gasteiger partial charge in [0.25, 0.3) is 11.8 Å². The van der Waals surface area contributed by atoms with Crippen molar-refractivity contribution in [3.8, 4) is 0 Å². The summed E-state index contributed by atoms with van der Waals surface area (Å²) in [5.41, 5.74) is 2.23. The molecule has 0 fully saturated rings. The number of hydrogen-bond donors (Lipinski definition) is 0. The van der Waals surface area contributed by atoms with Crippen LogP contribution in [0.25, 0.3) is 0 Å². The van der Waals surface area contributed by atoms with E-state index in [1.807, 2.05) is 19.1 Å². The minimum atomic E-state index is -0.321. The summed E-state index contributed by atoms with van der Waals surface area (Å²) in [6, 6.07) is 7.01. The van der Waals surface area contributed by atoms with E-state index < -0.39 is 0 Å². The van der Waals surface area contributed by atoms with Gasteiger partial charge in [0.2, 0.25) is 0 Å². The first-order chi connectivity index (χ1) is 9.09. The summed E-state index contributed by atoms with van der Waals surface area (Å²) in [5.74, 6) is -0.619. The number of halogens is 1. The Hall–Kier alpha value is -2.01. The highest BCUT2D eigenvalue weighted by atomic mass is 79.9. The van der Waals surface area contributed by atoms with E-state index in [2.05, 4.69) is 20.9 Å². The largest absolute Gasteiger partial charge is 0.268 e. The molecule has 1 aromatic heterocycles. The summed E-state index contributed by atoms with van der Waals surface area (Å²) in [6.07, 6.45) is 2.95. The van der Waals surface area contributed by atoms with Gasteiger partial charge in [-0.25, -0.2) is 4.90 Å². The molecule has 3 rings (SSSR count). The van der Waals surface area contributed by atoms with Gasteiger partial charge in [0.05, 0.1) is 16.8 Å². The van der Waals surface area contributed by atoms with Crippen LogP contribution in [0.1, 0.15) is 26.3 Å². The van der Waals surface area contributed by atoms with E-state index in [0.717, 1.165) is 10.0 Å². The Morgan fingerprint density at radius 3 is 2.53 bits per heavy atom. The van der Waals surface area contributed by atoms with E-state index in [-0.39, 0.29) is 11.8 Å². The van der Waals surface area contributed by atoms with Gasteiger partial charge in [-0.2, -0.15) is 0 Å². The van der Waals surface area contributed by atoms with Crippen LogP contribution in [0.15, 0.2) is 41.1 Å². The molecule has 19 heavy (non-hydrogen) atoms. The molecular weight excluding hydrogens is 308 g/mol. The van der Waals surface area contributed by atoms with Gasteiger partial charge in [0.15, 0.2) is 0 Å². The van der Waals surface area contributed by atoms with Gasteiger partial charge in [0.1, 0.15) is 0 Å². The minimum Gasteiger partial charge on any atom is -0.268 e. The number of anilines is 1. The summed E-state index contributed by atoms with van der Waals surface area (Å²) in [6.45, 7) is 1.86. The predicted octanol–water partition coefficient (Wildman–Crippen LogP) is 2.95. The molecule has 0 bridgehead atoms. The topological polar surface area (TPSA) is 50.3 Å². The van der Waals surface area contributed by atoms with Crippen LogP contribution in [-0.2, 0) is 0 Å². The van der Waals surface area contributed by atoms with Crippen molar-refractivity contribution in [2.45, 2.75) is 6.92 Å². The van der Waals surface area contributed by atoms with E-state index in [4.69, 9.17) is 0 Å². The van der Waals surface area contributed by atoms with E-state index >= 15 is 0 Å². The van der Waals surface area contributed by atoms with Crippen LogP contribution in [0.3, 0.4) is 0 Å². The summed E-state index contributed by atoms with van der Waals surface area (Å²) < 4.78 is 0.909. The Labute approximate surface area is 118 Å². The summed E-state index contributed by atoms with van der Waals surface area (Å²) in [7, 11) is 0. The van der Waals surface area contributed by atoms with Crippen LogP contribution in [0.5, 0.6) is 0 Å². The minimum absolute atomic E-state index is 0.298. The molecule has 0 atom stereocenters. The maximum atomic E-state index is 12.3. The number of imide groups is 1. The first-order valence-corrected chi connectivity index (χ1v) is 6.48. The molecule has 0 radical (unpaired) electrons. The van der Waals surface area contributed by atoms with Crippen molar-refractivity contribution in [2.24, 2.45) is 0 Å². The number of fused-ring (bicyclic) bond motifs is 1. The number of nitrogens with zero attached hydrogens (tertiary/aromatic N) is 2. The van der Waals surface area contributed by atoms with Gasteiger partial charge in [-0.1, -0.05) is 15.9 Å². The Balaban J connectivity index is 2.14. The summed E-state index contributed by atoms with van der Waals surface area (Å²) in [4.78, 5) is 29.7. The van der Waals surface area contributed by atoms with Gasteiger partial charge in [-0.05, 0) is 36.8 Å². The molecule has 4 nitrogen and oxygen atoms in total. The lowest BCUT2D eigenvalue weighted by molar-refractivity contribution is 0.0926. The van der Waals surface area contributed by atoms with Crippen molar-refractivity contribution in [3.63, 3.8) is 0 Å². The average molecular weight is 317 g/mol. The SMILES string of the molecule is Cc1cc(Br)ccc1N1C(=O)c2ccncc2C1=O. The second-order valence-electron chi connectivity index (χ2n) is 4.30. The molecule has 0 spiro atoms. The molecule has 2 heterocycles. The molecule has 1 aromatic carbocycles. The van der Waals surface area contributed by atoms with Crippen LogP contribution in [0.2, 0.25) is 0 Å². The highest BCUT2D eigenvalue weighted by molar-refractivity contribution is 9.10. The monoisotopic (exact) mass is 316 g/mol. The number of rotatable bonds is 1. The molecule has 0 aliphatic carbocycles. The van der Waals surface area contributed by atoms with E-state index in [0.29, 0.717) is 16.8 Å². The van der Waals surface area contributed by atoms with Crippen molar-refractivity contribution in [3.05, 3.63) is 57.8 Å². The molecular formula is C14H9BrN2O2. The van der Waals surface area contributed by atoms with E-state index in [1.165, 1.54) is 17.3 Å². The quantitative estimate of drug-likeness (QED) is 0.760. The number of hydrogen-bond acceptors (Lipinski definition) is 3. The van der Waals surface area contributed by atoms with Crippen molar-refractivity contribution in [2.75, 3.05) is 4.90 Å². The van der Waals surface area contributed by atoms with Gasteiger partial charge in [-0.3, -0.25) is 14.6 Å². The zero-order valence-electron chi connectivity index (χ0n) is 10.1. The first kappa shape index (κ1) is 12.0. The predicted molar refractivity (Wildman–Crippen MR) is 74.3 cm³/mol. The molecule has 0 saturated carbocycles. The van der Waals surface area contributed by atoms with Crippen molar-refractivity contribution < 1.29 is 9.59 Å². The third-order valence-electron chi connectivity index (χ3n) is 3.09. The zero-order chi connectivity index (χ0) is 13.6. The fourth-order valence-electron chi connectivity index (χ4n) is 2.17. The molecule has 0 unspecified atom stereocenters. The number of aryl methyl sites for hydroxylation is 1. The smallest absolute Gasteiger partial charge is 0.267 e. The van der Waals surface area contributed by atoms with Crippen molar-refractivity contribution in [1.82, 2.24) is 4.98 Å². The standard InChI is InChI=1S/C14H9BrN2O2/c1-8-6-9(15)2-3-12(8)17-13(18)10-4-5-16-7-11(10)14(17)19/h2-7H,1H3. The highest BCUT2D eigenvalue weighted by Gasteiger charge is 2.37. The van der Waals surface area contributed by atoms with Gasteiger partial charge in [0, 0.05) is 16.9 Å².